The molecule has 0 aliphatic heterocycles. The van der Waals surface area contributed by atoms with Crippen LogP contribution in [0.5, 0.6) is 0 Å². The molecule has 4 heteroatoms. The number of para-hydroxylation sites is 1. The van der Waals surface area contributed by atoms with Crippen LogP contribution in [0, 0.1) is 0 Å². The minimum atomic E-state index is -0.544. The van der Waals surface area contributed by atoms with Gasteiger partial charge in [0, 0.05) is 28.8 Å². The predicted molar refractivity (Wildman–Crippen MR) is 105 cm³/mol. The van der Waals surface area contributed by atoms with E-state index < -0.39 is 5.97 Å². The quantitative estimate of drug-likeness (QED) is 0.391. The van der Waals surface area contributed by atoms with Gasteiger partial charge in [0.25, 0.3) is 0 Å². The fourth-order valence-electron chi connectivity index (χ4n) is 3.43. The molecular weight excluding hydrogens is 338 g/mol. The van der Waals surface area contributed by atoms with Crippen LogP contribution in [-0.4, -0.2) is 23.3 Å². The molecule has 0 N–H and O–H groups in total. The lowest BCUT2D eigenvalue weighted by Gasteiger charge is -2.05. The number of aromatic nitrogens is 1. The standard InChI is InChI=1S/C23H19NO3/c25-21(20-10-9-16-4-1-7-19(16)14-20)15-27-22(26)12-11-18-6-2-5-17-8-3-13-24-23(17)18/h2-3,5-6,8-14H,1,4,7,15H2/b12-11+. The summed E-state index contributed by atoms with van der Waals surface area (Å²) < 4.78 is 5.12. The number of ether oxygens (including phenoxy) is 1. The molecule has 1 aromatic heterocycles. The van der Waals surface area contributed by atoms with Gasteiger partial charge in [-0.1, -0.05) is 36.4 Å². The first-order valence-corrected chi connectivity index (χ1v) is 9.04. The molecule has 1 heterocycles. The highest BCUT2D eigenvalue weighted by atomic mass is 16.5. The highest BCUT2D eigenvalue weighted by Crippen LogP contribution is 2.23. The molecule has 2 aromatic carbocycles. The van der Waals surface area contributed by atoms with Gasteiger partial charge < -0.3 is 4.74 Å². The normalized spacial score (nSPS) is 13.0. The van der Waals surface area contributed by atoms with Crippen molar-refractivity contribution in [2.45, 2.75) is 19.3 Å². The van der Waals surface area contributed by atoms with Crippen LogP contribution in [0.1, 0.15) is 33.5 Å². The summed E-state index contributed by atoms with van der Waals surface area (Å²) >= 11 is 0. The molecule has 0 fully saturated rings. The molecule has 1 aliphatic carbocycles. The third-order valence-corrected chi connectivity index (χ3v) is 4.83. The molecule has 0 amide bonds. The molecular formula is C23H19NO3. The van der Waals surface area contributed by atoms with E-state index in [2.05, 4.69) is 4.98 Å². The second-order valence-electron chi connectivity index (χ2n) is 6.62. The summed E-state index contributed by atoms with van der Waals surface area (Å²) in [4.78, 5) is 28.6. The number of nitrogens with zero attached hydrogens (tertiary/aromatic N) is 1. The van der Waals surface area contributed by atoms with E-state index in [1.807, 2.05) is 48.5 Å². The number of hydrogen-bond donors (Lipinski definition) is 0. The molecule has 0 saturated carbocycles. The highest BCUT2D eigenvalue weighted by molar-refractivity contribution is 5.99. The van der Waals surface area contributed by atoms with Crippen LogP contribution in [0.4, 0.5) is 0 Å². The summed E-state index contributed by atoms with van der Waals surface area (Å²) in [5.41, 5.74) is 4.80. The number of carbonyl (C=O) groups excluding carboxylic acids is 2. The van der Waals surface area contributed by atoms with Crippen molar-refractivity contribution in [3.8, 4) is 0 Å². The molecule has 4 rings (SSSR count). The third-order valence-electron chi connectivity index (χ3n) is 4.83. The van der Waals surface area contributed by atoms with E-state index in [0.717, 1.165) is 35.7 Å². The number of carbonyl (C=O) groups is 2. The summed E-state index contributed by atoms with van der Waals surface area (Å²) in [6.07, 6.45) is 7.94. The number of rotatable bonds is 5. The van der Waals surface area contributed by atoms with E-state index in [0.29, 0.717) is 5.56 Å². The third kappa shape index (κ3) is 3.80. The van der Waals surface area contributed by atoms with Gasteiger partial charge in [0.2, 0.25) is 0 Å². The van der Waals surface area contributed by atoms with Crippen molar-refractivity contribution in [1.29, 1.82) is 0 Å². The Balaban J connectivity index is 1.39. The molecule has 4 nitrogen and oxygen atoms in total. The lowest BCUT2D eigenvalue weighted by atomic mass is 10.0. The Morgan fingerprint density at radius 3 is 2.81 bits per heavy atom. The molecule has 134 valence electrons. The summed E-state index contributed by atoms with van der Waals surface area (Å²) in [6, 6.07) is 15.3. The Hall–Kier alpha value is -3.27. The summed E-state index contributed by atoms with van der Waals surface area (Å²) in [5, 5.41) is 1.000. The van der Waals surface area contributed by atoms with E-state index in [1.165, 1.54) is 17.2 Å². The zero-order valence-electron chi connectivity index (χ0n) is 14.9. The number of hydrogen-bond acceptors (Lipinski definition) is 4. The molecule has 0 spiro atoms. The van der Waals surface area contributed by atoms with Crippen molar-refractivity contribution in [2.24, 2.45) is 0 Å². The lowest BCUT2D eigenvalue weighted by Crippen LogP contribution is -2.12. The maximum absolute atomic E-state index is 12.3. The number of benzene rings is 2. The first kappa shape index (κ1) is 17.2. The van der Waals surface area contributed by atoms with Crippen LogP contribution in [0.2, 0.25) is 0 Å². The smallest absolute Gasteiger partial charge is 0.331 e. The maximum Gasteiger partial charge on any atom is 0.331 e. The van der Waals surface area contributed by atoms with Crippen molar-refractivity contribution in [2.75, 3.05) is 6.61 Å². The second kappa shape index (κ2) is 7.54. The van der Waals surface area contributed by atoms with Crippen molar-refractivity contribution in [3.63, 3.8) is 0 Å². The van der Waals surface area contributed by atoms with E-state index in [1.54, 1.807) is 12.3 Å². The van der Waals surface area contributed by atoms with Crippen molar-refractivity contribution in [1.82, 2.24) is 4.98 Å². The van der Waals surface area contributed by atoms with Gasteiger partial charge in [-0.05, 0) is 48.6 Å². The molecule has 27 heavy (non-hydrogen) atoms. The fourth-order valence-corrected chi connectivity index (χ4v) is 3.43. The van der Waals surface area contributed by atoms with Crippen molar-refractivity contribution >= 4 is 28.7 Å². The van der Waals surface area contributed by atoms with Gasteiger partial charge in [0.15, 0.2) is 12.4 Å². The first-order valence-electron chi connectivity index (χ1n) is 9.04. The lowest BCUT2D eigenvalue weighted by molar-refractivity contribution is -0.136. The Morgan fingerprint density at radius 2 is 1.89 bits per heavy atom. The first-order chi connectivity index (χ1) is 13.2. The second-order valence-corrected chi connectivity index (χ2v) is 6.62. The molecule has 0 unspecified atom stereocenters. The van der Waals surface area contributed by atoms with Gasteiger partial charge in [0.05, 0.1) is 5.52 Å². The summed E-state index contributed by atoms with van der Waals surface area (Å²) in [5.74, 6) is -0.726. The van der Waals surface area contributed by atoms with Crippen LogP contribution in [0.25, 0.3) is 17.0 Å². The van der Waals surface area contributed by atoms with Crippen LogP contribution in [0.3, 0.4) is 0 Å². The molecule has 0 saturated heterocycles. The van der Waals surface area contributed by atoms with Crippen molar-refractivity contribution < 1.29 is 14.3 Å². The Labute approximate surface area is 157 Å². The maximum atomic E-state index is 12.3. The molecule has 0 radical (unpaired) electrons. The Kier molecular flexibility index (Phi) is 4.79. The van der Waals surface area contributed by atoms with Crippen LogP contribution < -0.4 is 0 Å². The zero-order chi connectivity index (χ0) is 18.6. The zero-order valence-corrected chi connectivity index (χ0v) is 14.9. The fraction of sp³-hybridized carbons (Fsp3) is 0.174. The molecule has 0 bridgehead atoms. The van der Waals surface area contributed by atoms with Gasteiger partial charge in [-0.3, -0.25) is 9.78 Å². The van der Waals surface area contributed by atoms with Gasteiger partial charge in [-0.15, -0.1) is 0 Å². The number of Topliss-reactive ketones (excluding diaryl/α,β-unsaturated/α-hetero) is 1. The van der Waals surface area contributed by atoms with Gasteiger partial charge in [-0.2, -0.15) is 0 Å². The minimum absolute atomic E-state index is 0.182. The van der Waals surface area contributed by atoms with E-state index >= 15 is 0 Å². The Bertz CT molecular complexity index is 1050. The van der Waals surface area contributed by atoms with Crippen molar-refractivity contribution in [3.05, 3.63) is 83.1 Å². The van der Waals surface area contributed by atoms with Crippen LogP contribution in [0.15, 0.2) is 60.8 Å². The van der Waals surface area contributed by atoms with Gasteiger partial charge in [0.1, 0.15) is 0 Å². The SMILES string of the molecule is O=C(/C=C/c1cccc2cccnc12)OCC(=O)c1ccc2c(c1)CCC2. The van der Waals surface area contributed by atoms with E-state index in [-0.39, 0.29) is 12.4 Å². The Morgan fingerprint density at radius 1 is 1.04 bits per heavy atom. The van der Waals surface area contributed by atoms with E-state index in [9.17, 15) is 9.59 Å². The van der Waals surface area contributed by atoms with Gasteiger partial charge in [-0.25, -0.2) is 4.79 Å². The number of fused-ring (bicyclic) bond motifs is 2. The molecule has 3 aromatic rings. The number of esters is 1. The average molecular weight is 357 g/mol. The minimum Gasteiger partial charge on any atom is -0.454 e. The predicted octanol–water partition coefficient (Wildman–Crippen LogP) is 4.16. The highest BCUT2D eigenvalue weighted by Gasteiger charge is 2.14. The van der Waals surface area contributed by atoms with Crippen LogP contribution >= 0.6 is 0 Å². The van der Waals surface area contributed by atoms with Gasteiger partial charge >= 0.3 is 5.97 Å². The van der Waals surface area contributed by atoms with E-state index in [4.69, 9.17) is 4.74 Å². The molecule has 0 atom stereocenters. The number of ketones is 1. The summed E-state index contributed by atoms with van der Waals surface area (Å²) in [7, 11) is 0. The largest absolute Gasteiger partial charge is 0.454 e. The monoisotopic (exact) mass is 357 g/mol. The topological polar surface area (TPSA) is 56.3 Å². The molecule has 1 aliphatic rings. The summed E-state index contributed by atoms with van der Waals surface area (Å²) in [6.45, 7) is -0.254. The number of aryl methyl sites for hydroxylation is 2. The van der Waals surface area contributed by atoms with Crippen LogP contribution in [-0.2, 0) is 22.4 Å². The average Bonchev–Trinajstić information content (AvgIpc) is 3.18. The number of pyridine rings is 1.